The minimum Gasteiger partial charge on any atom is -0.468 e. The van der Waals surface area contributed by atoms with E-state index in [1.54, 1.807) is 6.92 Å². The molecule has 0 unspecified atom stereocenters. The Bertz CT molecular complexity index is 613. The summed E-state index contributed by atoms with van der Waals surface area (Å²) in [6.45, 7) is 4.16. The second kappa shape index (κ2) is 6.39. The summed E-state index contributed by atoms with van der Waals surface area (Å²) in [5, 5.41) is 0. The molecule has 118 valence electrons. The molecule has 9 heteroatoms. The molecule has 1 aromatic heterocycles. The van der Waals surface area contributed by atoms with Crippen LogP contribution in [0.1, 0.15) is 19.0 Å². The maximum atomic E-state index is 12.7. The minimum atomic E-state index is -3.76. The number of ether oxygens (including phenoxy) is 2. The van der Waals surface area contributed by atoms with Crippen LogP contribution in [0.25, 0.3) is 0 Å². The van der Waals surface area contributed by atoms with E-state index in [4.69, 9.17) is 9.47 Å². The number of methoxy groups -OCH3 is 1. The quantitative estimate of drug-likeness (QED) is 0.740. The number of aromatic nitrogens is 1. The highest BCUT2D eigenvalue weighted by atomic mass is 32.2. The zero-order valence-corrected chi connectivity index (χ0v) is 13.7. The van der Waals surface area contributed by atoms with Crippen LogP contribution in [-0.2, 0) is 24.3 Å². The predicted octanol–water partition coefficient (Wildman–Crippen LogP) is 0.793. The van der Waals surface area contributed by atoms with Gasteiger partial charge in [-0.15, -0.1) is 0 Å². The summed E-state index contributed by atoms with van der Waals surface area (Å²) >= 11 is 0.907. The van der Waals surface area contributed by atoms with Crippen LogP contribution < -0.4 is 0 Å². The van der Waals surface area contributed by atoms with E-state index < -0.39 is 22.0 Å². The fourth-order valence-electron chi connectivity index (χ4n) is 2.32. The maximum Gasteiger partial charge on any atom is 0.324 e. The maximum absolute atomic E-state index is 12.7. The first-order valence-electron chi connectivity index (χ1n) is 6.54. The van der Waals surface area contributed by atoms with E-state index in [2.05, 4.69) is 4.37 Å². The van der Waals surface area contributed by atoms with Crippen molar-refractivity contribution < 1.29 is 22.7 Å². The third-order valence-electron chi connectivity index (χ3n) is 3.26. The molecule has 0 N–H and O–H groups in total. The molecule has 0 aromatic carbocycles. The van der Waals surface area contributed by atoms with Gasteiger partial charge < -0.3 is 9.47 Å². The van der Waals surface area contributed by atoms with Crippen LogP contribution in [0.3, 0.4) is 0 Å². The van der Waals surface area contributed by atoms with Crippen molar-refractivity contribution >= 4 is 27.5 Å². The Morgan fingerprint density at radius 1 is 1.57 bits per heavy atom. The lowest BCUT2D eigenvalue weighted by molar-refractivity contribution is -0.144. The molecule has 2 atom stereocenters. The molecule has 0 radical (unpaired) electrons. The van der Waals surface area contributed by atoms with Crippen molar-refractivity contribution in [2.75, 3.05) is 20.3 Å². The zero-order chi connectivity index (χ0) is 15.6. The first-order valence-corrected chi connectivity index (χ1v) is 8.76. The number of hydrogen-bond acceptors (Lipinski definition) is 7. The Hall–Kier alpha value is -1.03. The van der Waals surface area contributed by atoms with Gasteiger partial charge in [-0.25, -0.2) is 8.42 Å². The topological polar surface area (TPSA) is 85.8 Å². The van der Waals surface area contributed by atoms with Gasteiger partial charge in [0.2, 0.25) is 0 Å². The molecule has 1 aliphatic rings. The molecule has 0 bridgehead atoms. The number of rotatable bonds is 5. The number of sulfonamides is 1. The Morgan fingerprint density at radius 2 is 2.29 bits per heavy atom. The third-order valence-corrected chi connectivity index (χ3v) is 6.44. The van der Waals surface area contributed by atoms with Gasteiger partial charge in [0.25, 0.3) is 10.0 Å². The fraction of sp³-hybridized carbons (Fsp3) is 0.667. The molecule has 2 rings (SSSR count). The number of carbonyl (C=O) groups excluding carboxylic acids is 1. The SMILES string of the molecule is CCO[C@@H]1C[C@@H](C(=O)OC)N(S(=O)(=O)c2cc(C)ns2)C1. The van der Waals surface area contributed by atoms with E-state index in [-0.39, 0.29) is 16.9 Å². The first-order chi connectivity index (χ1) is 9.90. The fourth-order valence-corrected chi connectivity index (χ4v) is 5.02. The highest BCUT2D eigenvalue weighted by Crippen LogP contribution is 2.30. The van der Waals surface area contributed by atoms with Gasteiger partial charge in [-0.05, 0) is 31.4 Å². The summed E-state index contributed by atoms with van der Waals surface area (Å²) in [4.78, 5) is 11.9. The summed E-state index contributed by atoms with van der Waals surface area (Å²) in [5.74, 6) is -0.568. The lowest BCUT2D eigenvalue weighted by atomic mass is 10.2. The number of carbonyl (C=O) groups is 1. The molecule has 2 heterocycles. The Morgan fingerprint density at radius 3 is 2.81 bits per heavy atom. The molecule has 7 nitrogen and oxygen atoms in total. The van der Waals surface area contributed by atoms with Crippen molar-refractivity contribution in [2.24, 2.45) is 0 Å². The molecular weight excluding hydrogens is 316 g/mol. The van der Waals surface area contributed by atoms with Gasteiger partial charge in [-0.2, -0.15) is 8.68 Å². The Balaban J connectivity index is 2.32. The van der Waals surface area contributed by atoms with E-state index in [0.717, 1.165) is 15.8 Å². The van der Waals surface area contributed by atoms with Crippen molar-refractivity contribution in [3.05, 3.63) is 11.8 Å². The van der Waals surface area contributed by atoms with Crippen LogP contribution in [-0.4, -0.2) is 55.5 Å². The van der Waals surface area contributed by atoms with Gasteiger partial charge in [0, 0.05) is 19.6 Å². The second-order valence-electron chi connectivity index (χ2n) is 4.71. The summed E-state index contributed by atoms with van der Waals surface area (Å²) in [5.41, 5.74) is 0.633. The lowest BCUT2D eigenvalue weighted by Gasteiger charge is -2.20. The summed E-state index contributed by atoms with van der Waals surface area (Å²) in [6.07, 6.45) is 0.000228. The molecule has 1 aromatic rings. The zero-order valence-electron chi connectivity index (χ0n) is 12.1. The van der Waals surface area contributed by atoms with E-state index in [0.29, 0.717) is 18.7 Å². The molecule has 0 aliphatic carbocycles. The van der Waals surface area contributed by atoms with Crippen molar-refractivity contribution in [3.63, 3.8) is 0 Å². The average molecular weight is 334 g/mol. The Kier molecular flexibility index (Phi) is 4.97. The van der Waals surface area contributed by atoms with Gasteiger partial charge in [0.15, 0.2) is 4.21 Å². The smallest absolute Gasteiger partial charge is 0.324 e. The van der Waals surface area contributed by atoms with Gasteiger partial charge >= 0.3 is 5.97 Å². The van der Waals surface area contributed by atoms with Crippen LogP contribution >= 0.6 is 11.5 Å². The number of hydrogen-bond donors (Lipinski definition) is 0. The largest absolute Gasteiger partial charge is 0.468 e. The van der Waals surface area contributed by atoms with Crippen molar-refractivity contribution in [2.45, 2.75) is 36.6 Å². The van der Waals surface area contributed by atoms with Crippen molar-refractivity contribution in [3.8, 4) is 0 Å². The summed E-state index contributed by atoms with van der Waals surface area (Å²) < 4.78 is 40.8. The van der Waals surface area contributed by atoms with Gasteiger partial charge in [-0.3, -0.25) is 4.79 Å². The number of esters is 1. The van der Waals surface area contributed by atoms with Gasteiger partial charge in [-0.1, -0.05) is 0 Å². The van der Waals surface area contributed by atoms with Crippen molar-refractivity contribution in [1.82, 2.24) is 8.68 Å². The van der Waals surface area contributed by atoms with Crippen LogP contribution in [0.15, 0.2) is 10.3 Å². The first kappa shape index (κ1) is 16.3. The molecule has 0 saturated carbocycles. The highest BCUT2D eigenvalue weighted by molar-refractivity contribution is 7.91. The molecular formula is C12H18N2O5S2. The standard InChI is InChI=1S/C12H18N2O5S2/c1-4-19-9-6-10(12(15)18-3)14(7-9)21(16,17)11-5-8(2)13-20-11/h5,9-10H,4,6-7H2,1-3H3/t9-,10+/m1/s1. The van der Waals surface area contributed by atoms with E-state index >= 15 is 0 Å². The predicted molar refractivity (Wildman–Crippen MR) is 76.6 cm³/mol. The highest BCUT2D eigenvalue weighted by Gasteiger charge is 2.45. The lowest BCUT2D eigenvalue weighted by Crippen LogP contribution is -2.40. The monoisotopic (exact) mass is 334 g/mol. The summed E-state index contributed by atoms with van der Waals surface area (Å²) in [7, 11) is -2.52. The number of aryl methyl sites for hydroxylation is 1. The van der Waals surface area contributed by atoms with Gasteiger partial charge in [0.05, 0.1) is 18.9 Å². The van der Waals surface area contributed by atoms with Crippen LogP contribution in [0.5, 0.6) is 0 Å². The molecule has 1 saturated heterocycles. The van der Waals surface area contributed by atoms with E-state index in [9.17, 15) is 13.2 Å². The summed E-state index contributed by atoms with van der Waals surface area (Å²) in [6, 6.07) is 0.654. The van der Waals surface area contributed by atoms with Crippen LogP contribution in [0.2, 0.25) is 0 Å². The van der Waals surface area contributed by atoms with E-state index in [1.807, 2.05) is 6.92 Å². The molecule has 1 aliphatic heterocycles. The normalized spacial score (nSPS) is 23.4. The second-order valence-corrected chi connectivity index (χ2v) is 7.64. The van der Waals surface area contributed by atoms with Crippen molar-refractivity contribution in [1.29, 1.82) is 0 Å². The van der Waals surface area contributed by atoms with Crippen LogP contribution in [0, 0.1) is 6.92 Å². The Labute approximate surface area is 128 Å². The molecule has 1 fully saturated rings. The molecule has 0 spiro atoms. The van der Waals surface area contributed by atoms with Gasteiger partial charge in [0.1, 0.15) is 6.04 Å². The average Bonchev–Trinajstić information content (AvgIpc) is 3.05. The minimum absolute atomic E-state index is 0.131. The third kappa shape index (κ3) is 3.25. The number of nitrogens with zero attached hydrogens (tertiary/aromatic N) is 2. The van der Waals surface area contributed by atoms with E-state index in [1.165, 1.54) is 13.2 Å². The molecule has 21 heavy (non-hydrogen) atoms. The molecule has 0 amide bonds. The van der Waals surface area contributed by atoms with Crippen LogP contribution in [0.4, 0.5) is 0 Å².